The molecule has 4 rings (SSSR count). The first-order valence-electron chi connectivity index (χ1n) is 10.5. The number of benzene rings is 2. The molecule has 2 aromatic heterocycles. The molecule has 0 unspecified atom stereocenters. The van der Waals surface area contributed by atoms with Crippen molar-refractivity contribution in [2.45, 2.75) is 26.2 Å². The standard InChI is InChI=1S/C24H20FN3O4S2/c1-2-3-4-15-5-11-18(12-6-15)32-23-21(16-7-9-17(25)10-8-16)26-24(34-23)27-22(29)19-13-14-20(33-19)28(30)31/h5-14H,2-4H2,1H3,(H,26,27,29). The van der Waals surface area contributed by atoms with Gasteiger partial charge in [0.15, 0.2) is 5.13 Å². The van der Waals surface area contributed by atoms with Crippen LogP contribution in [0.3, 0.4) is 0 Å². The number of nitrogens with one attached hydrogen (secondary N) is 1. The maximum Gasteiger partial charge on any atom is 0.324 e. The number of ether oxygens (including phenoxy) is 1. The summed E-state index contributed by atoms with van der Waals surface area (Å²) in [5.74, 6) is -0.278. The van der Waals surface area contributed by atoms with E-state index in [0.29, 0.717) is 22.1 Å². The Balaban J connectivity index is 1.59. The number of unbranched alkanes of at least 4 members (excludes halogenated alkanes) is 1. The fourth-order valence-electron chi connectivity index (χ4n) is 3.14. The zero-order chi connectivity index (χ0) is 24.1. The first-order valence-corrected chi connectivity index (χ1v) is 12.2. The normalized spacial score (nSPS) is 10.8. The molecule has 10 heteroatoms. The molecule has 0 radical (unpaired) electrons. The predicted molar refractivity (Wildman–Crippen MR) is 132 cm³/mol. The van der Waals surface area contributed by atoms with Crippen LogP contribution < -0.4 is 10.1 Å². The van der Waals surface area contributed by atoms with E-state index in [9.17, 15) is 19.3 Å². The van der Waals surface area contributed by atoms with Crippen molar-refractivity contribution in [3.63, 3.8) is 0 Å². The minimum absolute atomic E-state index is 0.123. The van der Waals surface area contributed by atoms with Gasteiger partial charge in [-0.2, -0.15) is 0 Å². The fraction of sp³-hybridized carbons (Fsp3) is 0.167. The Labute approximate surface area is 203 Å². The Morgan fingerprint density at radius 1 is 1.09 bits per heavy atom. The Bertz CT molecular complexity index is 1300. The summed E-state index contributed by atoms with van der Waals surface area (Å²) in [6.45, 7) is 2.15. The number of amides is 1. The van der Waals surface area contributed by atoms with Crippen molar-refractivity contribution in [3.8, 4) is 22.1 Å². The molecule has 0 atom stereocenters. The molecule has 0 aliphatic rings. The Morgan fingerprint density at radius 2 is 1.82 bits per heavy atom. The molecular formula is C24H20FN3O4S2. The van der Waals surface area contributed by atoms with Gasteiger partial charge in [-0.1, -0.05) is 48.2 Å². The molecule has 34 heavy (non-hydrogen) atoms. The van der Waals surface area contributed by atoms with E-state index in [1.807, 2.05) is 24.3 Å². The van der Waals surface area contributed by atoms with E-state index < -0.39 is 10.8 Å². The van der Waals surface area contributed by atoms with E-state index in [-0.39, 0.29) is 20.8 Å². The summed E-state index contributed by atoms with van der Waals surface area (Å²) in [6, 6.07) is 16.3. The zero-order valence-electron chi connectivity index (χ0n) is 18.1. The molecule has 0 fully saturated rings. The maximum absolute atomic E-state index is 13.4. The number of aromatic nitrogens is 1. The molecule has 4 aromatic rings. The van der Waals surface area contributed by atoms with E-state index >= 15 is 0 Å². The van der Waals surface area contributed by atoms with Crippen molar-refractivity contribution in [3.05, 3.63) is 87.0 Å². The second-order valence-corrected chi connectivity index (χ2v) is 9.38. The van der Waals surface area contributed by atoms with Crippen molar-refractivity contribution < 1.29 is 18.8 Å². The molecule has 0 bridgehead atoms. The van der Waals surface area contributed by atoms with Gasteiger partial charge in [-0.05, 0) is 60.9 Å². The minimum atomic E-state index is -0.545. The minimum Gasteiger partial charge on any atom is -0.444 e. The Kier molecular flexibility index (Phi) is 7.29. The van der Waals surface area contributed by atoms with Gasteiger partial charge in [0.05, 0.1) is 9.80 Å². The maximum atomic E-state index is 13.4. The van der Waals surface area contributed by atoms with E-state index in [1.165, 1.54) is 29.8 Å². The third-order valence-corrected chi connectivity index (χ3v) is 6.77. The first-order chi connectivity index (χ1) is 16.4. The highest BCUT2D eigenvalue weighted by Crippen LogP contribution is 2.41. The van der Waals surface area contributed by atoms with Crippen LogP contribution in [0.2, 0.25) is 0 Å². The summed E-state index contributed by atoms with van der Waals surface area (Å²) >= 11 is 1.90. The van der Waals surface area contributed by atoms with Gasteiger partial charge >= 0.3 is 5.00 Å². The summed E-state index contributed by atoms with van der Waals surface area (Å²) in [4.78, 5) is 27.6. The highest BCUT2D eigenvalue weighted by molar-refractivity contribution is 7.19. The molecule has 1 amide bonds. The number of halogens is 1. The second kappa shape index (κ2) is 10.5. The van der Waals surface area contributed by atoms with Crippen molar-refractivity contribution in [1.29, 1.82) is 0 Å². The third kappa shape index (κ3) is 5.64. The average Bonchev–Trinajstić information content (AvgIpc) is 3.47. The van der Waals surface area contributed by atoms with Gasteiger partial charge in [-0.15, -0.1) is 0 Å². The second-order valence-electron chi connectivity index (χ2n) is 7.36. The number of thiophene rings is 1. The molecule has 0 aliphatic carbocycles. The van der Waals surface area contributed by atoms with Crippen molar-refractivity contribution in [2.24, 2.45) is 0 Å². The summed E-state index contributed by atoms with van der Waals surface area (Å²) in [5, 5.41) is 14.1. The number of thiazole rings is 1. The number of anilines is 1. The quantitative estimate of drug-likeness (QED) is 0.193. The van der Waals surface area contributed by atoms with Crippen LogP contribution in [0.25, 0.3) is 11.3 Å². The Hall–Kier alpha value is -3.63. The molecule has 2 aromatic carbocycles. The van der Waals surface area contributed by atoms with Gasteiger partial charge in [-0.3, -0.25) is 20.2 Å². The number of nitro groups is 1. The summed E-state index contributed by atoms with van der Waals surface area (Å²) < 4.78 is 19.5. The van der Waals surface area contributed by atoms with Gasteiger partial charge in [0.1, 0.15) is 17.3 Å². The summed E-state index contributed by atoms with van der Waals surface area (Å²) in [7, 11) is 0. The largest absolute Gasteiger partial charge is 0.444 e. The molecule has 0 saturated heterocycles. The SMILES string of the molecule is CCCCc1ccc(Oc2sc(NC(=O)c3ccc([N+](=O)[O-])s3)nc2-c2ccc(F)cc2)cc1. The summed E-state index contributed by atoms with van der Waals surface area (Å²) in [5.41, 5.74) is 2.29. The third-order valence-electron chi connectivity index (χ3n) is 4.88. The van der Waals surface area contributed by atoms with Gasteiger partial charge in [-0.25, -0.2) is 9.37 Å². The van der Waals surface area contributed by atoms with Crippen molar-refractivity contribution in [1.82, 2.24) is 4.98 Å². The van der Waals surface area contributed by atoms with Gasteiger partial charge in [0, 0.05) is 11.6 Å². The van der Waals surface area contributed by atoms with E-state index in [4.69, 9.17) is 4.74 Å². The van der Waals surface area contributed by atoms with Crippen LogP contribution in [0.15, 0.2) is 60.7 Å². The van der Waals surface area contributed by atoms with Gasteiger partial charge in [0.2, 0.25) is 5.06 Å². The molecular weight excluding hydrogens is 477 g/mol. The zero-order valence-corrected chi connectivity index (χ0v) is 19.7. The molecule has 0 saturated carbocycles. The van der Waals surface area contributed by atoms with Crippen LogP contribution in [0.1, 0.15) is 35.0 Å². The molecule has 0 spiro atoms. The summed E-state index contributed by atoms with van der Waals surface area (Å²) in [6.07, 6.45) is 3.23. The lowest BCUT2D eigenvalue weighted by molar-refractivity contribution is -0.380. The average molecular weight is 498 g/mol. The van der Waals surface area contributed by atoms with E-state index in [2.05, 4.69) is 17.2 Å². The van der Waals surface area contributed by atoms with Crippen molar-refractivity contribution in [2.75, 3.05) is 5.32 Å². The van der Waals surface area contributed by atoms with E-state index in [1.54, 1.807) is 12.1 Å². The fourth-order valence-corrected chi connectivity index (χ4v) is 4.71. The van der Waals surface area contributed by atoms with Gasteiger partial charge in [0.25, 0.3) is 5.91 Å². The smallest absolute Gasteiger partial charge is 0.324 e. The van der Waals surface area contributed by atoms with E-state index in [0.717, 1.165) is 41.9 Å². The van der Waals surface area contributed by atoms with Crippen LogP contribution in [-0.4, -0.2) is 15.8 Å². The highest BCUT2D eigenvalue weighted by atomic mass is 32.1. The molecule has 0 aliphatic heterocycles. The number of carbonyl (C=O) groups is 1. The number of nitrogens with zero attached hydrogens (tertiary/aromatic N) is 2. The lowest BCUT2D eigenvalue weighted by Crippen LogP contribution is -2.09. The number of carbonyl (C=O) groups excluding carboxylic acids is 1. The van der Waals surface area contributed by atoms with Crippen LogP contribution >= 0.6 is 22.7 Å². The monoisotopic (exact) mass is 497 g/mol. The van der Waals surface area contributed by atoms with Crippen LogP contribution in [0.4, 0.5) is 14.5 Å². The Morgan fingerprint density at radius 3 is 2.47 bits per heavy atom. The molecule has 1 N–H and O–H groups in total. The predicted octanol–water partition coefficient (Wildman–Crippen LogP) is 7.31. The van der Waals surface area contributed by atoms with Crippen LogP contribution in [0.5, 0.6) is 10.8 Å². The number of hydrogen-bond donors (Lipinski definition) is 1. The molecule has 174 valence electrons. The topological polar surface area (TPSA) is 94.4 Å². The van der Waals surface area contributed by atoms with Crippen molar-refractivity contribution >= 4 is 38.7 Å². The van der Waals surface area contributed by atoms with Crippen LogP contribution in [0, 0.1) is 15.9 Å². The molecule has 7 nitrogen and oxygen atoms in total. The number of aryl methyl sites for hydroxylation is 1. The van der Waals surface area contributed by atoms with Gasteiger partial charge < -0.3 is 4.74 Å². The highest BCUT2D eigenvalue weighted by Gasteiger charge is 2.20. The van der Waals surface area contributed by atoms with Crippen LogP contribution in [-0.2, 0) is 6.42 Å². The lowest BCUT2D eigenvalue weighted by atomic mass is 10.1. The first kappa shape index (κ1) is 23.5. The number of rotatable bonds is 9. The lowest BCUT2D eigenvalue weighted by Gasteiger charge is -2.07. The molecule has 2 heterocycles. The number of hydrogen-bond acceptors (Lipinski definition) is 7.